The molecular formula is C22H25NO3. The molecule has 1 aliphatic rings. The van der Waals surface area contributed by atoms with Crippen LogP contribution >= 0.6 is 0 Å². The van der Waals surface area contributed by atoms with E-state index in [1.807, 2.05) is 24.3 Å². The first-order valence-corrected chi connectivity index (χ1v) is 9.00. The van der Waals surface area contributed by atoms with Crippen LogP contribution < -0.4 is 5.32 Å². The monoisotopic (exact) mass is 351 g/mol. The Morgan fingerprint density at radius 1 is 1.31 bits per heavy atom. The predicted octanol–water partition coefficient (Wildman–Crippen LogP) is 3.88. The summed E-state index contributed by atoms with van der Waals surface area (Å²) in [6.07, 6.45) is 8.44. The molecule has 4 nitrogen and oxygen atoms in total. The number of nitrogens with one attached hydrogen (secondary N) is 1. The van der Waals surface area contributed by atoms with Gasteiger partial charge in [0.1, 0.15) is 0 Å². The highest BCUT2D eigenvalue weighted by molar-refractivity contribution is 5.90. The number of para-hydroxylation sites is 1. The Balaban J connectivity index is 1.68. The standard InChI is InChI=1S/C22H25NO3/c1-19(24)23-21-15-9-8-14-20(21)13-7-5-3-2-4-6-11-17-25-22-16-10-12-18-26-22/h3,5,8-9,14-15,22H,6,10-12,16-18H2,1H3,(H,23,24)/b5-3-. The van der Waals surface area contributed by atoms with Gasteiger partial charge in [0.15, 0.2) is 6.29 Å². The van der Waals surface area contributed by atoms with E-state index in [0.717, 1.165) is 37.9 Å². The molecule has 26 heavy (non-hydrogen) atoms. The van der Waals surface area contributed by atoms with E-state index in [-0.39, 0.29) is 12.2 Å². The smallest absolute Gasteiger partial charge is 0.221 e. The van der Waals surface area contributed by atoms with E-state index >= 15 is 0 Å². The van der Waals surface area contributed by atoms with Crippen LogP contribution in [0.15, 0.2) is 36.4 Å². The molecule has 1 aromatic rings. The van der Waals surface area contributed by atoms with Crippen LogP contribution in [0.5, 0.6) is 0 Å². The second-order valence-corrected chi connectivity index (χ2v) is 5.92. The first-order valence-electron chi connectivity index (χ1n) is 9.00. The molecule has 1 atom stereocenters. The summed E-state index contributed by atoms with van der Waals surface area (Å²) in [6.45, 7) is 2.97. The number of unbranched alkanes of at least 4 members (excludes halogenated alkanes) is 1. The lowest BCUT2D eigenvalue weighted by Gasteiger charge is -2.22. The highest BCUT2D eigenvalue weighted by Crippen LogP contribution is 2.14. The summed E-state index contributed by atoms with van der Waals surface area (Å²) in [7, 11) is 0. The minimum Gasteiger partial charge on any atom is -0.353 e. The van der Waals surface area contributed by atoms with Crippen molar-refractivity contribution < 1.29 is 14.3 Å². The average Bonchev–Trinajstić information content (AvgIpc) is 2.65. The van der Waals surface area contributed by atoms with Crippen LogP contribution in [0.4, 0.5) is 5.69 Å². The summed E-state index contributed by atoms with van der Waals surface area (Å²) in [5.74, 6) is 11.9. The first kappa shape index (κ1) is 19.8. The Bertz CT molecular complexity index is 725. The van der Waals surface area contributed by atoms with Gasteiger partial charge in [0, 0.05) is 25.5 Å². The maximum Gasteiger partial charge on any atom is 0.221 e. The van der Waals surface area contributed by atoms with Gasteiger partial charge in [0.05, 0.1) is 12.3 Å². The Morgan fingerprint density at radius 2 is 2.15 bits per heavy atom. The van der Waals surface area contributed by atoms with Gasteiger partial charge in [-0.25, -0.2) is 0 Å². The summed E-state index contributed by atoms with van der Waals surface area (Å²) in [4.78, 5) is 11.2. The van der Waals surface area contributed by atoms with E-state index in [0.29, 0.717) is 12.3 Å². The number of benzene rings is 1. The quantitative estimate of drug-likeness (QED) is 0.647. The largest absolute Gasteiger partial charge is 0.353 e. The van der Waals surface area contributed by atoms with Crippen molar-refractivity contribution in [2.75, 3.05) is 18.5 Å². The number of amides is 1. The number of ether oxygens (including phenoxy) is 2. The molecule has 0 saturated carbocycles. The summed E-state index contributed by atoms with van der Waals surface area (Å²) >= 11 is 0. The summed E-state index contributed by atoms with van der Waals surface area (Å²) in [5, 5.41) is 2.76. The van der Waals surface area contributed by atoms with Gasteiger partial charge >= 0.3 is 0 Å². The van der Waals surface area contributed by atoms with Crippen LogP contribution in [-0.4, -0.2) is 25.4 Å². The van der Waals surface area contributed by atoms with Crippen LogP contribution in [0.2, 0.25) is 0 Å². The topological polar surface area (TPSA) is 47.6 Å². The van der Waals surface area contributed by atoms with E-state index in [1.54, 1.807) is 12.2 Å². The number of allylic oxidation sites excluding steroid dienone is 2. The number of anilines is 1. The van der Waals surface area contributed by atoms with E-state index in [4.69, 9.17) is 9.47 Å². The van der Waals surface area contributed by atoms with Crippen LogP contribution in [-0.2, 0) is 14.3 Å². The summed E-state index contributed by atoms with van der Waals surface area (Å²) < 4.78 is 11.2. The fourth-order valence-electron chi connectivity index (χ4n) is 2.44. The molecule has 0 spiro atoms. The molecule has 0 radical (unpaired) electrons. The number of carbonyl (C=O) groups excluding carboxylic acids is 1. The molecule has 1 heterocycles. The maximum absolute atomic E-state index is 11.2. The van der Waals surface area contributed by atoms with Gasteiger partial charge in [-0.05, 0) is 50.0 Å². The van der Waals surface area contributed by atoms with Crippen LogP contribution in [0.1, 0.15) is 44.6 Å². The number of hydrogen-bond donors (Lipinski definition) is 1. The molecule has 1 aliphatic heterocycles. The van der Waals surface area contributed by atoms with E-state index < -0.39 is 0 Å². The van der Waals surface area contributed by atoms with Gasteiger partial charge < -0.3 is 14.8 Å². The van der Waals surface area contributed by atoms with Crippen LogP contribution in [0, 0.1) is 23.7 Å². The van der Waals surface area contributed by atoms with Crippen molar-refractivity contribution in [2.24, 2.45) is 0 Å². The highest BCUT2D eigenvalue weighted by atomic mass is 16.7. The van der Waals surface area contributed by atoms with Crippen molar-refractivity contribution in [1.29, 1.82) is 0 Å². The molecule has 1 unspecified atom stereocenters. The fourth-order valence-corrected chi connectivity index (χ4v) is 2.44. The SMILES string of the molecule is CC(=O)Nc1ccccc1C#C/C=C\C#CCCCOC1CCCCO1. The zero-order valence-corrected chi connectivity index (χ0v) is 15.2. The van der Waals surface area contributed by atoms with Crippen molar-refractivity contribution >= 4 is 11.6 Å². The molecule has 1 saturated heterocycles. The van der Waals surface area contributed by atoms with Gasteiger partial charge in [-0.2, -0.15) is 0 Å². The molecule has 0 bridgehead atoms. The van der Waals surface area contributed by atoms with Crippen LogP contribution in [0.25, 0.3) is 0 Å². The summed E-state index contributed by atoms with van der Waals surface area (Å²) in [5.41, 5.74) is 1.50. The molecule has 0 aromatic heterocycles. The molecule has 1 amide bonds. The van der Waals surface area contributed by atoms with Gasteiger partial charge in [0.25, 0.3) is 0 Å². The Kier molecular flexibility index (Phi) is 9.08. The van der Waals surface area contributed by atoms with Gasteiger partial charge in [-0.3, -0.25) is 4.79 Å². The average molecular weight is 351 g/mol. The Hall–Kier alpha value is -2.53. The van der Waals surface area contributed by atoms with Crippen molar-refractivity contribution in [1.82, 2.24) is 0 Å². The predicted molar refractivity (Wildman–Crippen MR) is 103 cm³/mol. The molecule has 0 aliphatic carbocycles. The second kappa shape index (κ2) is 11.9. The van der Waals surface area contributed by atoms with Gasteiger partial charge in [0.2, 0.25) is 5.91 Å². The molecule has 4 heteroatoms. The molecule has 1 fully saturated rings. The van der Waals surface area contributed by atoms with Gasteiger partial charge in [-0.1, -0.05) is 35.8 Å². The number of hydrogen-bond acceptors (Lipinski definition) is 3. The Morgan fingerprint density at radius 3 is 2.96 bits per heavy atom. The van der Waals surface area contributed by atoms with E-state index in [1.165, 1.54) is 13.3 Å². The summed E-state index contributed by atoms with van der Waals surface area (Å²) in [6, 6.07) is 7.45. The van der Waals surface area contributed by atoms with E-state index in [9.17, 15) is 4.79 Å². The number of rotatable bonds is 5. The third-order valence-corrected chi connectivity index (χ3v) is 3.68. The lowest BCUT2D eigenvalue weighted by Crippen LogP contribution is -2.22. The molecule has 1 aromatic carbocycles. The molecule has 2 rings (SSSR count). The Labute approximate surface area is 156 Å². The highest BCUT2D eigenvalue weighted by Gasteiger charge is 2.12. The third kappa shape index (κ3) is 8.03. The zero-order chi connectivity index (χ0) is 18.5. The third-order valence-electron chi connectivity index (χ3n) is 3.68. The van der Waals surface area contributed by atoms with Gasteiger partial charge in [-0.15, -0.1) is 0 Å². The van der Waals surface area contributed by atoms with Crippen molar-refractivity contribution in [3.05, 3.63) is 42.0 Å². The van der Waals surface area contributed by atoms with Crippen molar-refractivity contribution in [3.63, 3.8) is 0 Å². The minimum absolute atomic E-state index is 0.0211. The van der Waals surface area contributed by atoms with Crippen molar-refractivity contribution in [3.8, 4) is 23.7 Å². The fraction of sp³-hybridized carbons (Fsp3) is 0.409. The van der Waals surface area contributed by atoms with Crippen LogP contribution in [0.3, 0.4) is 0 Å². The zero-order valence-electron chi connectivity index (χ0n) is 15.2. The number of carbonyl (C=O) groups is 1. The molecule has 1 N–H and O–H groups in total. The second-order valence-electron chi connectivity index (χ2n) is 5.92. The normalized spacial score (nSPS) is 16.3. The lowest BCUT2D eigenvalue weighted by atomic mass is 10.2. The van der Waals surface area contributed by atoms with Crippen molar-refractivity contribution in [2.45, 2.75) is 45.3 Å². The molecular weight excluding hydrogens is 326 g/mol. The molecule has 136 valence electrons. The van der Waals surface area contributed by atoms with E-state index in [2.05, 4.69) is 29.0 Å². The minimum atomic E-state index is -0.111. The maximum atomic E-state index is 11.2. The first-order chi connectivity index (χ1) is 12.8. The lowest BCUT2D eigenvalue weighted by molar-refractivity contribution is -0.162.